The van der Waals surface area contributed by atoms with Crippen molar-refractivity contribution in [3.63, 3.8) is 0 Å². The van der Waals surface area contributed by atoms with Crippen molar-refractivity contribution in [2.75, 3.05) is 0 Å². The molecule has 10 heteroatoms. The van der Waals surface area contributed by atoms with Gasteiger partial charge >= 0.3 is 12.5 Å². The summed E-state index contributed by atoms with van der Waals surface area (Å²) in [6, 6.07) is 0.472. The summed E-state index contributed by atoms with van der Waals surface area (Å²) in [5.41, 5.74) is -2.22. The molecule has 1 aromatic heterocycles. The van der Waals surface area contributed by atoms with Crippen LogP contribution >= 0.6 is 15.9 Å². The summed E-state index contributed by atoms with van der Waals surface area (Å²) < 4.78 is 77.1. The van der Waals surface area contributed by atoms with Gasteiger partial charge in [-0.2, -0.15) is 13.2 Å². The lowest BCUT2D eigenvalue weighted by Crippen LogP contribution is -2.21. The molecule has 3 nitrogen and oxygen atoms in total. The molecule has 0 radical (unpaired) electrons. The lowest BCUT2D eigenvalue weighted by molar-refractivity contribution is -0.276. The molecule has 1 aromatic rings. The van der Waals surface area contributed by atoms with E-state index in [4.69, 9.17) is 5.11 Å². The van der Waals surface area contributed by atoms with Gasteiger partial charge in [0.1, 0.15) is 5.69 Å². The summed E-state index contributed by atoms with van der Waals surface area (Å²) in [7, 11) is 0. The minimum absolute atomic E-state index is 0.251. The second-order valence-electron chi connectivity index (χ2n) is 3.29. The van der Waals surface area contributed by atoms with Crippen LogP contribution in [0.5, 0.6) is 5.88 Å². The Labute approximate surface area is 111 Å². The number of pyridine rings is 1. The Morgan fingerprint density at radius 2 is 1.79 bits per heavy atom. The maximum Gasteiger partial charge on any atom is 0.574 e. The molecule has 0 bridgehead atoms. The second kappa shape index (κ2) is 5.53. The average Bonchev–Trinajstić information content (AvgIpc) is 2.24. The summed E-state index contributed by atoms with van der Waals surface area (Å²) in [6.07, 6.45) is -10.1. The fourth-order valence-corrected chi connectivity index (χ4v) is 1.82. The van der Waals surface area contributed by atoms with E-state index in [1.54, 1.807) is 0 Å². The van der Waals surface area contributed by atoms with Crippen molar-refractivity contribution < 1.29 is 36.2 Å². The first kappa shape index (κ1) is 16.0. The van der Waals surface area contributed by atoms with Gasteiger partial charge in [-0.05, 0) is 11.6 Å². The molecule has 1 N–H and O–H groups in total. The third-order valence-corrected chi connectivity index (χ3v) is 2.55. The highest BCUT2D eigenvalue weighted by Crippen LogP contribution is 2.35. The Morgan fingerprint density at radius 1 is 1.21 bits per heavy atom. The zero-order chi connectivity index (χ0) is 14.8. The molecule has 0 aliphatic heterocycles. The summed E-state index contributed by atoms with van der Waals surface area (Å²) in [5, 5.41) is 8.66. The van der Waals surface area contributed by atoms with Gasteiger partial charge in [0, 0.05) is 10.9 Å². The Balaban J connectivity index is 3.40. The van der Waals surface area contributed by atoms with Crippen LogP contribution in [-0.2, 0) is 18.1 Å². The first-order chi connectivity index (χ1) is 8.58. The number of hydrogen-bond acceptors (Lipinski definition) is 3. The molecular formula is C9H6BrF6NO2. The Hall–Kier alpha value is -1.03. The fourth-order valence-electron chi connectivity index (χ4n) is 1.22. The highest BCUT2D eigenvalue weighted by Gasteiger charge is 2.37. The molecule has 19 heavy (non-hydrogen) atoms. The van der Waals surface area contributed by atoms with Crippen molar-refractivity contribution in [1.29, 1.82) is 0 Å². The smallest absolute Gasteiger partial charge is 0.392 e. The van der Waals surface area contributed by atoms with Crippen LogP contribution in [0.25, 0.3) is 0 Å². The van der Waals surface area contributed by atoms with Crippen LogP contribution in [-0.4, -0.2) is 16.5 Å². The standard InChI is InChI=1S/C9H6BrF6NO2/c10-2-5-4(3-18)1-6(8(11,12)13)17-7(5)19-9(14,15)16/h1,18H,2-3H2. The lowest BCUT2D eigenvalue weighted by Gasteiger charge is -2.16. The highest BCUT2D eigenvalue weighted by atomic mass is 79.9. The second-order valence-corrected chi connectivity index (χ2v) is 3.85. The van der Waals surface area contributed by atoms with Gasteiger partial charge in [0.2, 0.25) is 5.88 Å². The van der Waals surface area contributed by atoms with Gasteiger partial charge in [0.05, 0.1) is 6.61 Å². The van der Waals surface area contributed by atoms with Gasteiger partial charge in [-0.25, -0.2) is 4.98 Å². The summed E-state index contributed by atoms with van der Waals surface area (Å²) in [5.74, 6) is -1.23. The quantitative estimate of drug-likeness (QED) is 0.669. The van der Waals surface area contributed by atoms with E-state index in [1.165, 1.54) is 0 Å². The largest absolute Gasteiger partial charge is 0.574 e. The van der Waals surface area contributed by atoms with Gasteiger partial charge in [-0.15, -0.1) is 13.2 Å². The summed E-state index contributed by atoms with van der Waals surface area (Å²) in [4.78, 5) is 2.80. The Kier molecular flexibility index (Phi) is 4.67. The van der Waals surface area contributed by atoms with Crippen molar-refractivity contribution in [2.24, 2.45) is 0 Å². The van der Waals surface area contributed by atoms with Crippen molar-refractivity contribution in [3.05, 3.63) is 22.9 Å². The number of nitrogens with zero attached hydrogens (tertiary/aromatic N) is 1. The molecule has 0 aliphatic carbocycles. The van der Waals surface area contributed by atoms with E-state index in [0.717, 1.165) is 0 Å². The normalized spacial score (nSPS) is 12.6. The number of aromatic nitrogens is 1. The van der Waals surface area contributed by atoms with E-state index in [2.05, 4.69) is 25.7 Å². The molecule has 0 unspecified atom stereocenters. The molecule has 0 aromatic carbocycles. The minimum atomic E-state index is -5.18. The molecule has 1 heterocycles. The average molecular weight is 354 g/mol. The third kappa shape index (κ3) is 4.23. The van der Waals surface area contributed by atoms with E-state index in [9.17, 15) is 26.3 Å². The summed E-state index contributed by atoms with van der Waals surface area (Å²) in [6.45, 7) is -0.874. The molecule has 0 fully saturated rings. The molecule has 0 saturated carbocycles. The molecule has 0 saturated heterocycles. The predicted molar refractivity (Wildman–Crippen MR) is 54.5 cm³/mol. The van der Waals surface area contributed by atoms with Crippen molar-refractivity contribution in [2.45, 2.75) is 24.5 Å². The maximum atomic E-state index is 12.5. The molecule has 0 spiro atoms. The molecular weight excluding hydrogens is 348 g/mol. The van der Waals surface area contributed by atoms with Crippen molar-refractivity contribution in [3.8, 4) is 5.88 Å². The van der Waals surface area contributed by atoms with E-state index < -0.39 is 30.7 Å². The van der Waals surface area contributed by atoms with Crippen LogP contribution < -0.4 is 4.74 Å². The first-order valence-electron chi connectivity index (χ1n) is 4.61. The van der Waals surface area contributed by atoms with E-state index in [1.807, 2.05) is 0 Å². The van der Waals surface area contributed by atoms with Crippen molar-refractivity contribution in [1.82, 2.24) is 4.98 Å². The Bertz CT molecular complexity index is 459. The van der Waals surface area contributed by atoms with Gasteiger partial charge in [0.25, 0.3) is 0 Å². The molecule has 108 valence electrons. The topological polar surface area (TPSA) is 42.4 Å². The van der Waals surface area contributed by atoms with E-state index in [0.29, 0.717) is 6.07 Å². The predicted octanol–water partition coefficient (Wildman–Crippen LogP) is 3.39. The number of alkyl halides is 7. The van der Waals surface area contributed by atoms with Crippen LogP contribution in [0.15, 0.2) is 6.07 Å². The van der Waals surface area contributed by atoms with Crippen LogP contribution in [0.3, 0.4) is 0 Å². The van der Waals surface area contributed by atoms with Crippen LogP contribution in [0.2, 0.25) is 0 Å². The SMILES string of the molecule is OCc1cc(C(F)(F)F)nc(OC(F)(F)F)c1CBr. The number of hydrogen-bond donors (Lipinski definition) is 1. The lowest BCUT2D eigenvalue weighted by atomic mass is 10.1. The van der Waals surface area contributed by atoms with Gasteiger partial charge in [-0.1, -0.05) is 15.9 Å². The molecule has 0 atom stereocenters. The summed E-state index contributed by atoms with van der Waals surface area (Å²) >= 11 is 2.80. The van der Waals surface area contributed by atoms with Gasteiger partial charge in [0.15, 0.2) is 0 Å². The first-order valence-corrected chi connectivity index (χ1v) is 5.73. The fraction of sp³-hybridized carbons (Fsp3) is 0.444. The minimum Gasteiger partial charge on any atom is -0.392 e. The Morgan fingerprint density at radius 3 is 2.16 bits per heavy atom. The van der Waals surface area contributed by atoms with Crippen molar-refractivity contribution >= 4 is 15.9 Å². The number of halogens is 7. The molecule has 0 amide bonds. The zero-order valence-corrected chi connectivity index (χ0v) is 10.5. The van der Waals surface area contributed by atoms with E-state index >= 15 is 0 Å². The third-order valence-electron chi connectivity index (χ3n) is 1.99. The molecule has 1 rings (SSSR count). The zero-order valence-electron chi connectivity index (χ0n) is 8.94. The van der Waals surface area contributed by atoms with Gasteiger partial charge in [-0.3, -0.25) is 0 Å². The number of ether oxygens (including phenoxy) is 1. The maximum absolute atomic E-state index is 12.5. The number of aliphatic hydroxyl groups excluding tert-OH is 1. The van der Waals surface area contributed by atoms with Crippen LogP contribution in [0, 0.1) is 0 Å². The number of aliphatic hydroxyl groups is 1. The van der Waals surface area contributed by atoms with Crippen LogP contribution in [0.4, 0.5) is 26.3 Å². The van der Waals surface area contributed by atoms with E-state index in [-0.39, 0.29) is 16.5 Å². The monoisotopic (exact) mass is 353 g/mol. The van der Waals surface area contributed by atoms with Crippen LogP contribution in [0.1, 0.15) is 16.8 Å². The highest BCUT2D eigenvalue weighted by molar-refractivity contribution is 9.08. The number of rotatable bonds is 3. The van der Waals surface area contributed by atoms with Gasteiger partial charge < -0.3 is 9.84 Å². The molecule has 0 aliphatic rings.